The van der Waals surface area contributed by atoms with E-state index in [0.29, 0.717) is 17.3 Å². The van der Waals surface area contributed by atoms with Crippen LogP contribution in [0.15, 0.2) is 5.38 Å². The maximum atomic E-state index is 11.4. The third-order valence-electron chi connectivity index (χ3n) is 3.61. The number of esters is 1. The minimum atomic E-state index is -1.07. The van der Waals surface area contributed by atoms with Crippen LogP contribution in [-0.4, -0.2) is 46.6 Å². The number of nitrogens with zero attached hydrogens (tertiary/aromatic N) is 2. The molecule has 0 aliphatic carbocycles. The summed E-state index contributed by atoms with van der Waals surface area (Å²) < 4.78 is 5.39. The fraction of sp³-hybridized carbons (Fsp3) is 0.667. The standard InChI is InChI=1S/C15H24N2O4S/c1-6-17(5)12(9(2)3)7-13(21-10(4)18)14-16-11(8-22-14)15(19)20/h8-9,12-13H,6-7H2,1-5H3,(H,19,20)/t12-,13-/m1/s1. The number of carboxylic acid groups (broad SMARTS) is 1. The molecule has 6 nitrogen and oxygen atoms in total. The largest absolute Gasteiger partial charge is 0.476 e. The first-order valence-electron chi connectivity index (χ1n) is 7.32. The molecule has 1 rings (SSSR count). The molecule has 0 amide bonds. The van der Waals surface area contributed by atoms with Gasteiger partial charge in [-0.25, -0.2) is 9.78 Å². The Morgan fingerprint density at radius 2 is 2.09 bits per heavy atom. The summed E-state index contributed by atoms with van der Waals surface area (Å²) in [7, 11) is 2.03. The van der Waals surface area contributed by atoms with E-state index in [0.717, 1.165) is 6.54 Å². The molecule has 7 heteroatoms. The molecular weight excluding hydrogens is 304 g/mol. The summed E-state index contributed by atoms with van der Waals surface area (Å²) in [6, 6.07) is 0.214. The Kier molecular flexibility index (Phi) is 6.96. The van der Waals surface area contributed by atoms with Gasteiger partial charge in [0.05, 0.1) is 0 Å². The highest BCUT2D eigenvalue weighted by Gasteiger charge is 2.28. The van der Waals surface area contributed by atoms with Crippen molar-refractivity contribution in [2.45, 2.75) is 46.3 Å². The first-order chi connectivity index (χ1) is 10.3. The van der Waals surface area contributed by atoms with E-state index in [-0.39, 0.29) is 11.7 Å². The van der Waals surface area contributed by atoms with Crippen LogP contribution < -0.4 is 0 Å². The number of carboxylic acids is 1. The van der Waals surface area contributed by atoms with E-state index in [1.165, 1.54) is 23.6 Å². The number of hydrogen-bond donors (Lipinski definition) is 1. The number of carbonyl (C=O) groups excluding carboxylic acids is 1. The molecule has 1 heterocycles. The van der Waals surface area contributed by atoms with Crippen LogP contribution in [0.25, 0.3) is 0 Å². The van der Waals surface area contributed by atoms with Gasteiger partial charge in [0.2, 0.25) is 0 Å². The number of aromatic nitrogens is 1. The first-order valence-corrected chi connectivity index (χ1v) is 8.20. The number of aromatic carboxylic acids is 1. The molecule has 0 saturated heterocycles. The van der Waals surface area contributed by atoms with Crippen molar-refractivity contribution in [2.24, 2.45) is 5.92 Å². The van der Waals surface area contributed by atoms with E-state index < -0.39 is 18.0 Å². The molecule has 0 unspecified atom stereocenters. The molecule has 0 saturated carbocycles. The van der Waals surface area contributed by atoms with Crippen LogP contribution >= 0.6 is 11.3 Å². The van der Waals surface area contributed by atoms with Crippen molar-refractivity contribution in [3.63, 3.8) is 0 Å². The van der Waals surface area contributed by atoms with Crippen LogP contribution in [0, 0.1) is 5.92 Å². The second-order valence-corrected chi connectivity index (χ2v) is 6.48. The van der Waals surface area contributed by atoms with Gasteiger partial charge in [-0.15, -0.1) is 11.3 Å². The predicted molar refractivity (Wildman–Crippen MR) is 85.1 cm³/mol. The molecule has 1 aromatic rings. The van der Waals surface area contributed by atoms with Crippen molar-refractivity contribution in [2.75, 3.05) is 13.6 Å². The number of ether oxygens (including phenoxy) is 1. The summed E-state index contributed by atoms with van der Waals surface area (Å²) >= 11 is 1.21. The van der Waals surface area contributed by atoms with Crippen molar-refractivity contribution >= 4 is 23.3 Å². The molecule has 0 aliphatic rings. The normalized spacial score (nSPS) is 14.1. The lowest BCUT2D eigenvalue weighted by Crippen LogP contribution is -2.37. The van der Waals surface area contributed by atoms with Gasteiger partial charge in [-0.1, -0.05) is 20.8 Å². The van der Waals surface area contributed by atoms with Crippen molar-refractivity contribution in [3.8, 4) is 0 Å². The predicted octanol–water partition coefficient (Wildman–Crippen LogP) is 2.81. The average molecular weight is 328 g/mol. The van der Waals surface area contributed by atoms with Gasteiger partial charge in [-0.05, 0) is 19.5 Å². The maximum absolute atomic E-state index is 11.4. The van der Waals surface area contributed by atoms with E-state index in [4.69, 9.17) is 9.84 Å². The van der Waals surface area contributed by atoms with Crippen LogP contribution in [0.2, 0.25) is 0 Å². The Morgan fingerprint density at radius 1 is 1.45 bits per heavy atom. The zero-order chi connectivity index (χ0) is 16.9. The molecule has 0 aromatic carbocycles. The fourth-order valence-electron chi connectivity index (χ4n) is 2.35. The van der Waals surface area contributed by atoms with Crippen molar-refractivity contribution < 1.29 is 19.4 Å². The Hall–Kier alpha value is -1.47. The minimum Gasteiger partial charge on any atom is -0.476 e. The molecule has 1 aromatic heterocycles. The Labute approximate surface area is 135 Å². The van der Waals surface area contributed by atoms with Crippen LogP contribution in [0.3, 0.4) is 0 Å². The third kappa shape index (κ3) is 5.06. The Morgan fingerprint density at radius 3 is 2.50 bits per heavy atom. The maximum Gasteiger partial charge on any atom is 0.355 e. The third-order valence-corrected chi connectivity index (χ3v) is 4.55. The summed E-state index contributed by atoms with van der Waals surface area (Å²) in [5.74, 6) is -1.09. The Bertz CT molecular complexity index is 515. The number of hydrogen-bond acceptors (Lipinski definition) is 6. The highest BCUT2D eigenvalue weighted by molar-refractivity contribution is 7.09. The molecule has 0 fully saturated rings. The quantitative estimate of drug-likeness (QED) is 0.739. The van der Waals surface area contributed by atoms with E-state index in [9.17, 15) is 9.59 Å². The molecule has 2 atom stereocenters. The fourth-order valence-corrected chi connectivity index (χ4v) is 3.18. The summed E-state index contributed by atoms with van der Waals surface area (Å²) in [5, 5.41) is 11.0. The van der Waals surface area contributed by atoms with Crippen LogP contribution in [0.1, 0.15) is 55.7 Å². The molecule has 0 aliphatic heterocycles. The molecule has 124 valence electrons. The topological polar surface area (TPSA) is 79.7 Å². The summed E-state index contributed by atoms with van der Waals surface area (Å²) in [5.41, 5.74) is -0.0119. The molecular formula is C15H24N2O4S. The highest BCUT2D eigenvalue weighted by atomic mass is 32.1. The van der Waals surface area contributed by atoms with Gasteiger partial charge in [0.25, 0.3) is 0 Å². The second-order valence-electron chi connectivity index (χ2n) is 5.59. The van der Waals surface area contributed by atoms with Crippen LogP contribution in [0.5, 0.6) is 0 Å². The highest BCUT2D eigenvalue weighted by Crippen LogP contribution is 2.30. The molecule has 0 radical (unpaired) electrons. The SMILES string of the molecule is CCN(C)[C@H](C[C@@H](OC(C)=O)c1nc(C(=O)O)cs1)C(C)C. The lowest BCUT2D eigenvalue weighted by atomic mass is 9.96. The van der Waals surface area contributed by atoms with Gasteiger partial charge >= 0.3 is 11.9 Å². The lowest BCUT2D eigenvalue weighted by Gasteiger charge is -2.32. The smallest absolute Gasteiger partial charge is 0.355 e. The summed E-state index contributed by atoms with van der Waals surface area (Å²) in [6.07, 6.45) is 0.0748. The van der Waals surface area contributed by atoms with Crippen molar-refractivity contribution in [1.82, 2.24) is 9.88 Å². The minimum absolute atomic E-state index is 0.0119. The van der Waals surface area contributed by atoms with Gasteiger partial charge in [-0.2, -0.15) is 0 Å². The van der Waals surface area contributed by atoms with E-state index in [2.05, 4.69) is 30.7 Å². The average Bonchev–Trinajstić information content (AvgIpc) is 2.91. The zero-order valence-corrected chi connectivity index (χ0v) is 14.5. The van der Waals surface area contributed by atoms with Crippen LogP contribution in [0.4, 0.5) is 0 Å². The van der Waals surface area contributed by atoms with E-state index >= 15 is 0 Å². The van der Waals surface area contributed by atoms with Crippen molar-refractivity contribution in [3.05, 3.63) is 16.1 Å². The number of rotatable bonds is 8. The zero-order valence-electron chi connectivity index (χ0n) is 13.7. The van der Waals surface area contributed by atoms with E-state index in [1.54, 1.807) is 0 Å². The Balaban J connectivity index is 3.00. The monoisotopic (exact) mass is 328 g/mol. The summed E-state index contributed by atoms with van der Waals surface area (Å²) in [6.45, 7) is 8.54. The molecule has 0 bridgehead atoms. The first kappa shape index (κ1) is 18.6. The van der Waals surface area contributed by atoms with Gasteiger partial charge in [-0.3, -0.25) is 4.79 Å². The van der Waals surface area contributed by atoms with Gasteiger partial charge in [0, 0.05) is 24.8 Å². The van der Waals surface area contributed by atoms with Gasteiger partial charge < -0.3 is 14.7 Å². The lowest BCUT2D eigenvalue weighted by molar-refractivity contribution is -0.148. The second kappa shape index (κ2) is 8.24. The van der Waals surface area contributed by atoms with Gasteiger partial charge in [0.1, 0.15) is 5.01 Å². The molecule has 1 N–H and O–H groups in total. The van der Waals surface area contributed by atoms with Crippen LogP contribution in [-0.2, 0) is 9.53 Å². The van der Waals surface area contributed by atoms with Gasteiger partial charge in [0.15, 0.2) is 11.8 Å². The van der Waals surface area contributed by atoms with Crippen molar-refractivity contribution in [1.29, 1.82) is 0 Å². The number of thiazole rings is 1. The summed E-state index contributed by atoms with van der Waals surface area (Å²) in [4.78, 5) is 28.6. The molecule has 0 spiro atoms. The number of carbonyl (C=O) groups is 2. The van der Waals surface area contributed by atoms with E-state index in [1.807, 2.05) is 7.05 Å². The molecule has 22 heavy (non-hydrogen) atoms.